The van der Waals surface area contributed by atoms with E-state index < -0.39 is 0 Å². The van der Waals surface area contributed by atoms with Crippen molar-refractivity contribution in [2.45, 2.75) is 40.0 Å². The van der Waals surface area contributed by atoms with Crippen LogP contribution in [0, 0.1) is 5.92 Å². The average Bonchev–Trinajstić information content (AvgIpc) is 2.39. The molecule has 0 radical (unpaired) electrons. The second kappa shape index (κ2) is 10.1. The Kier molecular flexibility index (Phi) is 9.79. The Balaban J connectivity index is 4.00. The van der Waals surface area contributed by atoms with E-state index in [1.165, 1.54) is 6.42 Å². The number of nitrogens with zero attached hydrogens (tertiary/aromatic N) is 2. The van der Waals surface area contributed by atoms with Crippen LogP contribution in [0.1, 0.15) is 40.0 Å². The van der Waals surface area contributed by atoms with Gasteiger partial charge in [0.15, 0.2) is 0 Å². The maximum atomic E-state index is 11.9. The molecule has 0 aliphatic carbocycles. The summed E-state index contributed by atoms with van der Waals surface area (Å²) in [6.07, 6.45) is 2.35. The molecular weight excluding hydrogens is 258 g/mol. The Morgan fingerprint density at radius 2 is 1.89 bits per heavy atom. The average molecular weight is 287 g/mol. The fourth-order valence-corrected chi connectivity index (χ4v) is 1.89. The van der Waals surface area contributed by atoms with Crippen molar-refractivity contribution in [3.8, 4) is 0 Å². The van der Waals surface area contributed by atoms with Gasteiger partial charge in [-0.2, -0.15) is 0 Å². The smallest absolute Gasteiger partial charge is 0.223 e. The molecule has 0 saturated carbocycles. The summed E-state index contributed by atoms with van der Waals surface area (Å²) in [7, 11) is 1.81. The number of amides is 1. The molecule has 0 aromatic carbocycles. The molecule has 112 valence electrons. The summed E-state index contributed by atoms with van der Waals surface area (Å²) >= 11 is 4.82. The molecule has 2 N–H and O–H groups in total. The van der Waals surface area contributed by atoms with Crippen molar-refractivity contribution in [2.24, 2.45) is 11.7 Å². The summed E-state index contributed by atoms with van der Waals surface area (Å²) in [6, 6.07) is 0. The van der Waals surface area contributed by atoms with Gasteiger partial charge in [-0.05, 0) is 12.5 Å². The van der Waals surface area contributed by atoms with Crippen LogP contribution in [0.25, 0.3) is 0 Å². The lowest BCUT2D eigenvalue weighted by atomic mass is 10.1. The van der Waals surface area contributed by atoms with E-state index in [1.807, 2.05) is 7.05 Å². The lowest BCUT2D eigenvalue weighted by Gasteiger charge is -2.24. The van der Waals surface area contributed by atoms with Crippen molar-refractivity contribution in [3.05, 3.63) is 0 Å². The topological polar surface area (TPSA) is 49.6 Å². The Labute approximate surface area is 123 Å². The summed E-state index contributed by atoms with van der Waals surface area (Å²) in [6.45, 7) is 10.1. The number of nitrogens with two attached hydrogens (primary N) is 1. The first-order valence-electron chi connectivity index (χ1n) is 7.15. The third kappa shape index (κ3) is 8.94. The summed E-state index contributed by atoms with van der Waals surface area (Å²) in [5, 5.41) is 0. The number of hydrogen-bond donors (Lipinski definition) is 1. The third-order valence-corrected chi connectivity index (χ3v) is 3.68. The molecule has 0 saturated heterocycles. The minimum atomic E-state index is 0.166. The molecule has 0 aliphatic rings. The zero-order chi connectivity index (χ0) is 14.8. The number of carbonyl (C=O) groups is 1. The highest BCUT2D eigenvalue weighted by Crippen LogP contribution is 2.05. The van der Waals surface area contributed by atoms with Crippen LogP contribution in [0.15, 0.2) is 0 Å². The second-order valence-electron chi connectivity index (χ2n) is 5.19. The van der Waals surface area contributed by atoms with E-state index in [0.717, 1.165) is 19.6 Å². The van der Waals surface area contributed by atoms with E-state index in [9.17, 15) is 4.79 Å². The lowest BCUT2D eigenvalue weighted by molar-refractivity contribution is -0.130. The van der Waals surface area contributed by atoms with E-state index in [-0.39, 0.29) is 5.91 Å². The molecule has 1 unspecified atom stereocenters. The van der Waals surface area contributed by atoms with Gasteiger partial charge in [0.25, 0.3) is 0 Å². The van der Waals surface area contributed by atoms with Gasteiger partial charge in [0, 0.05) is 39.5 Å². The van der Waals surface area contributed by atoms with Crippen molar-refractivity contribution in [1.82, 2.24) is 9.80 Å². The lowest BCUT2D eigenvalue weighted by Crippen LogP contribution is -2.35. The summed E-state index contributed by atoms with van der Waals surface area (Å²) in [4.78, 5) is 16.5. The first-order chi connectivity index (χ1) is 8.90. The predicted octanol–water partition coefficient (Wildman–Crippen LogP) is 1.88. The highest BCUT2D eigenvalue weighted by atomic mass is 32.1. The summed E-state index contributed by atoms with van der Waals surface area (Å²) < 4.78 is 0. The molecule has 1 atom stereocenters. The molecule has 0 aromatic heterocycles. The fraction of sp³-hybridized carbons (Fsp3) is 0.857. The molecule has 0 aromatic rings. The van der Waals surface area contributed by atoms with Crippen LogP contribution in [0.4, 0.5) is 0 Å². The fourth-order valence-electron chi connectivity index (χ4n) is 1.80. The zero-order valence-electron chi connectivity index (χ0n) is 12.8. The molecule has 0 spiro atoms. The van der Waals surface area contributed by atoms with Crippen LogP contribution >= 0.6 is 12.2 Å². The molecule has 0 fully saturated rings. The van der Waals surface area contributed by atoms with Gasteiger partial charge in [0.2, 0.25) is 5.91 Å². The molecule has 5 heteroatoms. The van der Waals surface area contributed by atoms with E-state index in [2.05, 4.69) is 25.7 Å². The van der Waals surface area contributed by atoms with Crippen LogP contribution in [0.3, 0.4) is 0 Å². The zero-order valence-corrected chi connectivity index (χ0v) is 13.6. The molecule has 1 amide bonds. The number of rotatable bonds is 10. The van der Waals surface area contributed by atoms with Gasteiger partial charge in [0.05, 0.1) is 4.99 Å². The first kappa shape index (κ1) is 18.3. The quantitative estimate of drug-likeness (QED) is 0.623. The normalized spacial score (nSPS) is 12.5. The second-order valence-corrected chi connectivity index (χ2v) is 5.71. The van der Waals surface area contributed by atoms with E-state index in [0.29, 0.717) is 30.3 Å². The number of carbonyl (C=O) groups excluding carboxylic acids is 1. The van der Waals surface area contributed by atoms with Crippen LogP contribution in [0.2, 0.25) is 0 Å². The predicted molar refractivity (Wildman–Crippen MR) is 85.2 cm³/mol. The number of hydrogen-bond acceptors (Lipinski definition) is 3. The largest absolute Gasteiger partial charge is 0.393 e. The monoisotopic (exact) mass is 287 g/mol. The van der Waals surface area contributed by atoms with Gasteiger partial charge in [-0.15, -0.1) is 0 Å². The molecule has 19 heavy (non-hydrogen) atoms. The van der Waals surface area contributed by atoms with E-state index in [1.54, 1.807) is 4.90 Å². The SMILES string of the molecule is CCC(C)CN(CC)CCC(=O)N(C)CCC(N)=S. The van der Waals surface area contributed by atoms with Gasteiger partial charge >= 0.3 is 0 Å². The first-order valence-corrected chi connectivity index (χ1v) is 7.56. The number of thiocarbonyl (C=S) groups is 1. The highest BCUT2D eigenvalue weighted by molar-refractivity contribution is 7.80. The third-order valence-electron chi connectivity index (χ3n) is 3.48. The van der Waals surface area contributed by atoms with Crippen molar-refractivity contribution in [1.29, 1.82) is 0 Å². The van der Waals surface area contributed by atoms with Crippen LogP contribution in [0.5, 0.6) is 0 Å². The standard InChI is InChI=1S/C14H29N3OS/c1-5-12(3)11-17(6-2)10-8-14(18)16(4)9-7-13(15)19/h12H,5-11H2,1-4H3,(H2,15,19). The van der Waals surface area contributed by atoms with Crippen molar-refractivity contribution >= 4 is 23.1 Å². The van der Waals surface area contributed by atoms with Gasteiger partial charge in [0.1, 0.15) is 0 Å². The maximum absolute atomic E-state index is 11.9. The van der Waals surface area contributed by atoms with Crippen molar-refractivity contribution < 1.29 is 4.79 Å². The van der Waals surface area contributed by atoms with E-state index in [4.69, 9.17) is 18.0 Å². The Bertz CT molecular complexity index is 284. The van der Waals surface area contributed by atoms with E-state index >= 15 is 0 Å². The van der Waals surface area contributed by atoms with Gasteiger partial charge in [-0.1, -0.05) is 39.4 Å². The molecule has 0 heterocycles. The van der Waals surface area contributed by atoms with Crippen LogP contribution in [-0.2, 0) is 4.79 Å². The summed E-state index contributed by atoms with van der Waals surface area (Å²) in [5.74, 6) is 0.848. The van der Waals surface area contributed by atoms with Crippen LogP contribution < -0.4 is 5.73 Å². The molecule has 0 aliphatic heterocycles. The van der Waals surface area contributed by atoms with Gasteiger partial charge in [-0.3, -0.25) is 4.79 Å². The maximum Gasteiger partial charge on any atom is 0.223 e. The Morgan fingerprint density at radius 3 is 2.37 bits per heavy atom. The van der Waals surface area contributed by atoms with Crippen molar-refractivity contribution in [2.75, 3.05) is 33.2 Å². The summed E-state index contributed by atoms with van der Waals surface area (Å²) in [5.41, 5.74) is 5.44. The molecular formula is C14H29N3OS. The minimum absolute atomic E-state index is 0.166. The minimum Gasteiger partial charge on any atom is -0.393 e. The van der Waals surface area contributed by atoms with Crippen molar-refractivity contribution in [3.63, 3.8) is 0 Å². The highest BCUT2D eigenvalue weighted by Gasteiger charge is 2.12. The molecule has 0 bridgehead atoms. The van der Waals surface area contributed by atoms with Gasteiger partial charge in [-0.25, -0.2) is 0 Å². The molecule has 4 nitrogen and oxygen atoms in total. The Hall–Kier alpha value is -0.680. The molecule has 0 rings (SSSR count). The van der Waals surface area contributed by atoms with Gasteiger partial charge < -0.3 is 15.5 Å². The Morgan fingerprint density at radius 1 is 1.26 bits per heavy atom. The van der Waals surface area contributed by atoms with Crippen LogP contribution in [-0.4, -0.2) is 53.9 Å².